The van der Waals surface area contributed by atoms with Gasteiger partial charge in [0.15, 0.2) is 5.15 Å². The van der Waals surface area contributed by atoms with E-state index in [1.165, 1.54) is 21.6 Å². The van der Waals surface area contributed by atoms with Crippen molar-refractivity contribution in [2.45, 2.75) is 26.3 Å². The van der Waals surface area contributed by atoms with Gasteiger partial charge in [0.1, 0.15) is 0 Å². The monoisotopic (exact) mass is 636 g/mol. The molecule has 1 aromatic carbocycles. The average molecular weight is 637 g/mol. The molecule has 0 aliphatic carbocycles. The number of amides is 1. The van der Waals surface area contributed by atoms with Crippen LogP contribution in [-0.4, -0.2) is 40.2 Å². The molecular formula is C30H24Cl2F2N8O2. The van der Waals surface area contributed by atoms with Crippen LogP contribution in [0.5, 0.6) is 0 Å². The molecule has 1 aliphatic heterocycles. The van der Waals surface area contributed by atoms with Crippen molar-refractivity contribution in [2.24, 2.45) is 13.0 Å². The number of allylic oxidation sites excluding steroid dienone is 1. The Morgan fingerprint density at radius 1 is 1.07 bits per heavy atom. The van der Waals surface area contributed by atoms with Crippen LogP contribution in [0, 0.1) is 5.92 Å². The summed E-state index contributed by atoms with van der Waals surface area (Å²) in [5.41, 5.74) is 3.24. The van der Waals surface area contributed by atoms with Gasteiger partial charge in [0.05, 0.1) is 40.9 Å². The molecule has 0 spiro atoms. The Morgan fingerprint density at radius 2 is 1.89 bits per heavy atom. The molecule has 1 amide bonds. The van der Waals surface area contributed by atoms with Gasteiger partial charge in [-0.2, -0.15) is 13.9 Å². The fourth-order valence-electron chi connectivity index (χ4n) is 5.22. The number of hydrogen-bond donors (Lipinski definition) is 1. The Morgan fingerprint density at radius 3 is 2.64 bits per heavy atom. The minimum absolute atomic E-state index is 0.0362. The molecule has 4 aromatic heterocycles. The predicted octanol–water partition coefficient (Wildman–Crippen LogP) is 6.39. The highest BCUT2D eigenvalue weighted by Gasteiger charge is 2.24. The van der Waals surface area contributed by atoms with E-state index >= 15 is 0 Å². The lowest BCUT2D eigenvalue weighted by atomic mass is 9.96. The first-order valence-electron chi connectivity index (χ1n) is 13.5. The van der Waals surface area contributed by atoms with Crippen LogP contribution < -0.4 is 10.9 Å². The van der Waals surface area contributed by atoms with Gasteiger partial charge in [0.2, 0.25) is 5.91 Å². The Labute approximate surface area is 259 Å². The van der Waals surface area contributed by atoms with E-state index in [2.05, 4.69) is 25.7 Å². The number of benzene rings is 1. The number of nitrogens with zero attached hydrogens (tertiary/aromatic N) is 7. The summed E-state index contributed by atoms with van der Waals surface area (Å²) < 4.78 is 31.4. The van der Waals surface area contributed by atoms with E-state index in [4.69, 9.17) is 23.2 Å². The maximum Gasteiger partial charge on any atom is 0.333 e. The molecule has 2 bridgehead atoms. The number of pyridine rings is 2. The van der Waals surface area contributed by atoms with E-state index in [9.17, 15) is 18.4 Å². The highest BCUT2D eigenvalue weighted by atomic mass is 35.5. The number of nitrogens with one attached hydrogen (secondary N) is 1. The van der Waals surface area contributed by atoms with Crippen LogP contribution in [0.2, 0.25) is 10.2 Å². The summed E-state index contributed by atoms with van der Waals surface area (Å²) in [4.78, 5) is 31.4. The quantitative estimate of drug-likeness (QED) is 0.244. The zero-order valence-electron chi connectivity index (χ0n) is 23.4. The fraction of sp³-hybridized carbons (Fsp3) is 0.200. The number of anilines is 1. The fourth-order valence-corrected chi connectivity index (χ4v) is 5.52. The van der Waals surface area contributed by atoms with Gasteiger partial charge >= 0.3 is 6.55 Å². The van der Waals surface area contributed by atoms with Gasteiger partial charge in [-0.1, -0.05) is 41.4 Å². The maximum absolute atomic E-state index is 14.0. The van der Waals surface area contributed by atoms with Crippen molar-refractivity contribution in [3.8, 4) is 28.2 Å². The largest absolute Gasteiger partial charge is 0.333 e. The first-order chi connectivity index (χ1) is 21.1. The van der Waals surface area contributed by atoms with Gasteiger partial charge in [-0.25, -0.2) is 9.36 Å². The van der Waals surface area contributed by atoms with Gasteiger partial charge in [-0.15, -0.1) is 5.10 Å². The third-order valence-corrected chi connectivity index (χ3v) is 7.89. The SMILES string of the molecule is C[C@@H]1CC/C=C(/c2ccc(-c3cc(Cl)ccc3-n3cc(Cl)nn3)n(C)c2=O)c2cc(ccn2)-c2c(cnn2C(F)F)NC1=O. The highest BCUT2D eigenvalue weighted by molar-refractivity contribution is 6.31. The van der Waals surface area contributed by atoms with Gasteiger partial charge in [-0.3, -0.25) is 14.6 Å². The molecule has 0 radical (unpaired) electrons. The number of aromatic nitrogens is 7. The minimum atomic E-state index is -2.95. The molecule has 1 aliphatic rings. The number of rotatable bonds is 4. The number of carbonyl (C=O) groups is 1. The molecule has 5 aromatic rings. The molecule has 1 atom stereocenters. The highest BCUT2D eigenvalue weighted by Crippen LogP contribution is 2.35. The normalized spacial score (nSPS) is 16.5. The van der Waals surface area contributed by atoms with E-state index in [1.807, 2.05) is 6.08 Å². The number of fused-ring (bicyclic) bond motifs is 4. The van der Waals surface area contributed by atoms with Crippen molar-refractivity contribution in [2.75, 3.05) is 5.32 Å². The second-order valence-electron chi connectivity index (χ2n) is 10.3. The summed E-state index contributed by atoms with van der Waals surface area (Å²) in [6.07, 6.45) is 6.97. The van der Waals surface area contributed by atoms with E-state index < -0.39 is 12.5 Å². The second kappa shape index (κ2) is 11.8. The Kier molecular flexibility index (Phi) is 7.87. The van der Waals surface area contributed by atoms with Crippen molar-refractivity contribution >= 4 is 40.4 Å². The summed E-state index contributed by atoms with van der Waals surface area (Å²) in [5.74, 6) is -0.770. The Bertz CT molecular complexity index is 2000. The van der Waals surface area contributed by atoms with Crippen LogP contribution >= 0.6 is 23.2 Å². The zero-order chi connectivity index (χ0) is 31.1. The molecule has 0 saturated carbocycles. The van der Waals surface area contributed by atoms with Gasteiger partial charge in [-0.05, 0) is 55.3 Å². The number of halogens is 4. The van der Waals surface area contributed by atoms with Crippen LogP contribution in [0.1, 0.15) is 37.6 Å². The Balaban J connectivity index is 1.51. The van der Waals surface area contributed by atoms with Crippen LogP contribution in [-0.2, 0) is 11.8 Å². The van der Waals surface area contributed by atoms with E-state index in [0.29, 0.717) is 61.9 Å². The Hall–Kier alpha value is -4.68. The first kappa shape index (κ1) is 29.4. The van der Waals surface area contributed by atoms with Crippen LogP contribution in [0.25, 0.3) is 33.8 Å². The molecule has 1 N–H and O–H groups in total. The summed E-state index contributed by atoms with van der Waals surface area (Å²) in [6.45, 7) is -1.19. The van der Waals surface area contributed by atoms with Crippen LogP contribution in [0.4, 0.5) is 14.5 Å². The lowest BCUT2D eigenvalue weighted by Gasteiger charge is -2.18. The third kappa shape index (κ3) is 5.42. The first-order valence-corrected chi connectivity index (χ1v) is 14.3. The topological polar surface area (TPSA) is 113 Å². The van der Waals surface area contributed by atoms with E-state index in [1.54, 1.807) is 62.6 Å². The zero-order valence-corrected chi connectivity index (χ0v) is 24.9. The summed E-state index contributed by atoms with van der Waals surface area (Å²) >= 11 is 12.4. The molecule has 0 unspecified atom stereocenters. The lowest BCUT2D eigenvalue weighted by Crippen LogP contribution is -2.23. The van der Waals surface area contributed by atoms with Gasteiger partial charge in [0.25, 0.3) is 5.56 Å². The molecule has 6 rings (SSSR count). The molecule has 224 valence electrons. The minimum Gasteiger partial charge on any atom is -0.323 e. The van der Waals surface area contributed by atoms with Crippen LogP contribution in [0.3, 0.4) is 0 Å². The molecule has 10 nitrogen and oxygen atoms in total. The average Bonchev–Trinajstić information content (AvgIpc) is 3.63. The molecule has 14 heteroatoms. The maximum atomic E-state index is 14.0. The molecule has 5 heterocycles. The van der Waals surface area contributed by atoms with E-state index in [-0.39, 0.29) is 28.0 Å². The van der Waals surface area contributed by atoms with Crippen molar-refractivity contribution in [3.63, 3.8) is 0 Å². The van der Waals surface area contributed by atoms with E-state index in [0.717, 1.165) is 0 Å². The molecule has 0 saturated heterocycles. The third-order valence-electron chi connectivity index (χ3n) is 7.48. The molecule has 44 heavy (non-hydrogen) atoms. The van der Waals surface area contributed by atoms with Crippen molar-refractivity contribution in [1.29, 1.82) is 0 Å². The summed E-state index contributed by atoms with van der Waals surface area (Å²) in [5, 5.41) is 15.1. The summed E-state index contributed by atoms with van der Waals surface area (Å²) in [6, 6.07) is 11.8. The van der Waals surface area contributed by atoms with Crippen molar-refractivity contribution in [3.05, 3.63) is 98.9 Å². The second-order valence-corrected chi connectivity index (χ2v) is 11.1. The molecule has 0 fully saturated rings. The lowest BCUT2D eigenvalue weighted by molar-refractivity contribution is -0.119. The smallest absolute Gasteiger partial charge is 0.323 e. The van der Waals surface area contributed by atoms with Gasteiger partial charge < -0.3 is 9.88 Å². The summed E-state index contributed by atoms with van der Waals surface area (Å²) in [7, 11) is 1.64. The standard InChI is InChI=1S/C30H24Cl2F2N8O2/c1-16-4-3-5-19(22-12-17(10-11-35-22)27-23(37-28(16)43)14-36-42(27)30(33)34)20-7-9-24(40(2)29(20)44)21-13-18(31)6-8-25(21)41-15-26(32)38-39-41/h5-16,30H,3-4H2,1-2H3,(H,37,43)/b19-5-/t16-/m1/s1. The number of alkyl halides is 2. The number of carbonyl (C=O) groups excluding carboxylic acids is 1. The number of hydrogen-bond acceptors (Lipinski definition) is 6. The van der Waals surface area contributed by atoms with Crippen molar-refractivity contribution < 1.29 is 13.6 Å². The van der Waals surface area contributed by atoms with Crippen LogP contribution in [0.15, 0.2) is 71.9 Å². The van der Waals surface area contributed by atoms with Crippen molar-refractivity contribution in [1.82, 2.24) is 34.3 Å². The predicted molar refractivity (Wildman–Crippen MR) is 163 cm³/mol. The van der Waals surface area contributed by atoms with Gasteiger partial charge in [0, 0.05) is 46.4 Å². The molecular weight excluding hydrogens is 613 g/mol.